The van der Waals surface area contributed by atoms with E-state index in [0.717, 1.165) is 36.8 Å². The lowest BCUT2D eigenvalue weighted by Crippen LogP contribution is -2.26. The molecule has 2 aromatic carbocycles. The van der Waals surface area contributed by atoms with Gasteiger partial charge in [-0.3, -0.25) is 9.10 Å². The number of nitrogens with zero attached hydrogens (tertiary/aromatic N) is 1. The van der Waals surface area contributed by atoms with Crippen LogP contribution in [0.1, 0.15) is 61.8 Å². The van der Waals surface area contributed by atoms with Crippen LogP contribution < -0.4 is 9.62 Å². The molecule has 0 fully saturated rings. The van der Waals surface area contributed by atoms with Crippen molar-refractivity contribution >= 4 is 33.3 Å². The summed E-state index contributed by atoms with van der Waals surface area (Å²) in [4.78, 5) is 11.7. The number of nitrogens with one attached hydrogen (secondary N) is 1. The van der Waals surface area contributed by atoms with Gasteiger partial charge in [0.2, 0.25) is 0 Å². The van der Waals surface area contributed by atoms with Gasteiger partial charge in [-0.25, -0.2) is 8.42 Å². The minimum absolute atomic E-state index is 0.144. The Bertz CT molecular complexity index is 1070. The third-order valence-corrected chi connectivity index (χ3v) is 8.02. The molecular weight excluding hydrogens is 448 g/mol. The number of ether oxygens (including phenoxy) is 1. The summed E-state index contributed by atoms with van der Waals surface area (Å²) in [6.07, 6.45) is 4.10. The van der Waals surface area contributed by atoms with Gasteiger partial charge >= 0.3 is 5.97 Å². The SMILES string of the molecule is CCOC(=O)CCCCCCNC1c2ccccc2N(C)S(=O)(=O)c2cc(C)c(Cl)cc21. The van der Waals surface area contributed by atoms with Gasteiger partial charge in [-0.15, -0.1) is 0 Å². The van der Waals surface area contributed by atoms with Crippen molar-refractivity contribution < 1.29 is 17.9 Å². The number of fused-ring (bicyclic) bond motifs is 2. The molecule has 2 aromatic rings. The second-order valence-electron chi connectivity index (χ2n) is 8.03. The van der Waals surface area contributed by atoms with Gasteiger partial charge in [0.25, 0.3) is 10.0 Å². The Morgan fingerprint density at radius 3 is 2.59 bits per heavy atom. The highest BCUT2D eigenvalue weighted by molar-refractivity contribution is 7.92. The number of carbonyl (C=O) groups excluding carboxylic acids is 1. The third kappa shape index (κ3) is 5.27. The van der Waals surface area contributed by atoms with Gasteiger partial charge in [0.15, 0.2) is 0 Å². The predicted molar refractivity (Wildman–Crippen MR) is 128 cm³/mol. The van der Waals surface area contributed by atoms with Crippen molar-refractivity contribution in [2.75, 3.05) is 24.5 Å². The summed E-state index contributed by atoms with van der Waals surface area (Å²) in [5.41, 5.74) is 2.96. The first-order valence-electron chi connectivity index (χ1n) is 11.0. The number of anilines is 1. The van der Waals surface area contributed by atoms with Crippen molar-refractivity contribution in [3.8, 4) is 0 Å². The Labute approximate surface area is 196 Å². The minimum atomic E-state index is -3.71. The molecule has 1 unspecified atom stereocenters. The van der Waals surface area contributed by atoms with Crippen molar-refractivity contribution in [1.82, 2.24) is 5.32 Å². The van der Waals surface area contributed by atoms with Crippen LogP contribution in [0, 0.1) is 6.92 Å². The normalized spacial score (nSPS) is 16.8. The number of halogens is 1. The number of para-hydroxylation sites is 1. The topological polar surface area (TPSA) is 75.7 Å². The zero-order chi connectivity index (χ0) is 23.3. The highest BCUT2D eigenvalue weighted by Gasteiger charge is 2.35. The Morgan fingerprint density at radius 2 is 1.84 bits per heavy atom. The van der Waals surface area contributed by atoms with E-state index in [2.05, 4.69) is 5.32 Å². The van der Waals surface area contributed by atoms with Crippen molar-refractivity contribution in [3.63, 3.8) is 0 Å². The highest BCUT2D eigenvalue weighted by Crippen LogP contribution is 2.41. The van der Waals surface area contributed by atoms with E-state index >= 15 is 0 Å². The molecule has 0 aliphatic carbocycles. The fourth-order valence-corrected chi connectivity index (χ4v) is 5.72. The Morgan fingerprint density at radius 1 is 1.12 bits per heavy atom. The molecule has 0 saturated heterocycles. The van der Waals surface area contributed by atoms with E-state index in [-0.39, 0.29) is 16.9 Å². The number of rotatable bonds is 9. The summed E-state index contributed by atoms with van der Waals surface area (Å²) in [7, 11) is -2.12. The minimum Gasteiger partial charge on any atom is -0.466 e. The van der Waals surface area contributed by atoms with E-state index in [1.54, 1.807) is 19.2 Å². The van der Waals surface area contributed by atoms with Crippen LogP contribution in [-0.4, -0.2) is 34.6 Å². The van der Waals surface area contributed by atoms with E-state index in [4.69, 9.17) is 16.3 Å². The fraction of sp³-hybridized carbons (Fsp3) is 0.458. The third-order valence-electron chi connectivity index (χ3n) is 5.79. The quantitative estimate of drug-likeness (QED) is 0.406. The van der Waals surface area contributed by atoms with Gasteiger partial charge in [-0.05, 0) is 68.1 Å². The fourth-order valence-electron chi connectivity index (χ4n) is 4.03. The molecule has 3 rings (SSSR count). The second kappa shape index (κ2) is 10.7. The number of carbonyl (C=O) groups is 1. The average molecular weight is 479 g/mol. The van der Waals surface area contributed by atoms with Crippen molar-refractivity contribution in [1.29, 1.82) is 0 Å². The maximum Gasteiger partial charge on any atom is 0.305 e. The standard InChI is InChI=1S/C24H31ClN2O4S/c1-4-31-23(28)13-7-5-6-10-14-26-24-18-11-8-9-12-21(18)27(3)32(29,30)22-15-17(2)20(25)16-19(22)24/h8-9,11-12,15-16,24,26H,4-7,10,13-14H2,1-3H3. The summed E-state index contributed by atoms with van der Waals surface area (Å²) in [6.45, 7) is 4.76. The van der Waals surface area contributed by atoms with Crippen LogP contribution in [0.5, 0.6) is 0 Å². The summed E-state index contributed by atoms with van der Waals surface area (Å²) in [5.74, 6) is -0.144. The molecule has 0 spiro atoms. The number of sulfonamides is 1. The first-order valence-corrected chi connectivity index (χ1v) is 12.9. The average Bonchev–Trinajstić information content (AvgIpc) is 2.82. The van der Waals surface area contributed by atoms with Crippen LogP contribution >= 0.6 is 11.6 Å². The Kier molecular flexibility index (Phi) is 8.20. The van der Waals surface area contributed by atoms with Gasteiger partial charge in [-0.2, -0.15) is 0 Å². The molecular formula is C24H31ClN2O4S. The molecule has 8 heteroatoms. The van der Waals surface area contributed by atoms with Crippen molar-refractivity contribution in [2.45, 2.75) is 56.9 Å². The predicted octanol–water partition coefficient (Wildman–Crippen LogP) is 4.98. The molecule has 1 N–H and O–H groups in total. The molecule has 0 bridgehead atoms. The number of hydrogen-bond acceptors (Lipinski definition) is 5. The van der Waals surface area contributed by atoms with Gasteiger partial charge in [0, 0.05) is 18.5 Å². The highest BCUT2D eigenvalue weighted by atomic mass is 35.5. The van der Waals surface area contributed by atoms with Crippen LogP contribution in [0.25, 0.3) is 0 Å². The first kappa shape index (κ1) is 24.6. The molecule has 1 aliphatic rings. The second-order valence-corrected chi connectivity index (χ2v) is 10.4. The molecule has 1 heterocycles. The summed E-state index contributed by atoms with van der Waals surface area (Å²) in [6, 6.07) is 10.7. The monoisotopic (exact) mass is 478 g/mol. The van der Waals surface area contributed by atoms with E-state index in [9.17, 15) is 13.2 Å². The van der Waals surface area contributed by atoms with Gasteiger partial charge in [0.1, 0.15) is 0 Å². The molecule has 1 atom stereocenters. The number of aryl methyl sites for hydroxylation is 1. The molecule has 0 radical (unpaired) electrons. The number of hydrogen-bond donors (Lipinski definition) is 1. The first-order chi connectivity index (χ1) is 15.3. The van der Waals surface area contributed by atoms with Gasteiger partial charge in [-0.1, -0.05) is 42.6 Å². The molecule has 6 nitrogen and oxygen atoms in total. The summed E-state index contributed by atoms with van der Waals surface area (Å²) < 4.78 is 33.0. The maximum absolute atomic E-state index is 13.4. The number of unbranched alkanes of at least 4 members (excludes halogenated alkanes) is 3. The number of esters is 1. The Balaban J connectivity index is 1.78. The van der Waals surface area contributed by atoms with E-state index in [1.165, 1.54) is 4.31 Å². The summed E-state index contributed by atoms with van der Waals surface area (Å²) >= 11 is 6.41. The van der Waals surface area contributed by atoms with E-state index < -0.39 is 10.0 Å². The van der Waals surface area contributed by atoms with Gasteiger partial charge in [0.05, 0.1) is 23.2 Å². The van der Waals surface area contributed by atoms with Crippen LogP contribution in [0.15, 0.2) is 41.3 Å². The maximum atomic E-state index is 13.4. The van der Waals surface area contributed by atoms with Gasteiger partial charge < -0.3 is 10.1 Å². The zero-order valence-corrected chi connectivity index (χ0v) is 20.4. The van der Waals surface area contributed by atoms with Crippen molar-refractivity contribution in [3.05, 3.63) is 58.1 Å². The largest absolute Gasteiger partial charge is 0.466 e. The molecule has 0 aromatic heterocycles. The van der Waals surface area contributed by atoms with E-state index in [0.29, 0.717) is 35.8 Å². The van der Waals surface area contributed by atoms with Crippen LogP contribution in [0.2, 0.25) is 5.02 Å². The van der Waals surface area contributed by atoms with Crippen LogP contribution in [0.4, 0.5) is 5.69 Å². The van der Waals surface area contributed by atoms with Crippen molar-refractivity contribution in [2.24, 2.45) is 0 Å². The Hall–Kier alpha value is -2.09. The zero-order valence-electron chi connectivity index (χ0n) is 18.9. The number of benzene rings is 2. The summed E-state index contributed by atoms with van der Waals surface area (Å²) in [5, 5.41) is 4.11. The molecule has 32 heavy (non-hydrogen) atoms. The lowest BCUT2D eigenvalue weighted by Gasteiger charge is -2.22. The molecule has 0 saturated carbocycles. The van der Waals surface area contributed by atoms with Crippen LogP contribution in [-0.2, 0) is 19.6 Å². The van der Waals surface area contributed by atoms with E-state index in [1.807, 2.05) is 38.1 Å². The molecule has 174 valence electrons. The van der Waals surface area contributed by atoms with Crippen LogP contribution in [0.3, 0.4) is 0 Å². The smallest absolute Gasteiger partial charge is 0.305 e. The molecule has 1 aliphatic heterocycles. The lowest BCUT2D eigenvalue weighted by molar-refractivity contribution is -0.143. The molecule has 0 amide bonds. The lowest BCUT2D eigenvalue weighted by atomic mass is 9.96.